The highest BCUT2D eigenvalue weighted by atomic mass is 79.9. The highest BCUT2D eigenvalue weighted by molar-refractivity contribution is 9.10. The lowest BCUT2D eigenvalue weighted by Gasteiger charge is -2.32. The van der Waals surface area contributed by atoms with E-state index >= 15 is 0 Å². The van der Waals surface area contributed by atoms with Crippen molar-refractivity contribution in [2.24, 2.45) is 0 Å². The zero-order valence-corrected chi connectivity index (χ0v) is 14.6. The molecular formula is C17H18BrN3O3. The summed E-state index contributed by atoms with van der Waals surface area (Å²) < 4.78 is 2.71. The van der Waals surface area contributed by atoms with Gasteiger partial charge in [0.2, 0.25) is 5.91 Å². The number of carbonyl (C=O) groups is 2. The average molecular weight is 392 g/mol. The predicted molar refractivity (Wildman–Crippen MR) is 91.9 cm³/mol. The van der Waals surface area contributed by atoms with Gasteiger partial charge in [0.1, 0.15) is 0 Å². The van der Waals surface area contributed by atoms with Crippen LogP contribution in [0.1, 0.15) is 34.8 Å². The molecule has 1 aliphatic rings. The summed E-state index contributed by atoms with van der Waals surface area (Å²) in [6.07, 6.45) is 4.90. The van der Waals surface area contributed by atoms with Crippen LogP contribution < -0.4 is 0 Å². The third-order valence-corrected chi connectivity index (χ3v) is 4.84. The van der Waals surface area contributed by atoms with Crippen LogP contribution in [0.4, 0.5) is 0 Å². The fraction of sp³-hybridized carbons (Fsp3) is 0.353. The van der Waals surface area contributed by atoms with Gasteiger partial charge in [-0.25, -0.2) is 4.79 Å². The Hall–Kier alpha value is -2.15. The minimum Gasteiger partial charge on any atom is -0.478 e. The molecule has 1 aromatic heterocycles. The van der Waals surface area contributed by atoms with Crippen LogP contribution in [0.15, 0.2) is 41.1 Å². The second kappa shape index (κ2) is 7.17. The van der Waals surface area contributed by atoms with Crippen molar-refractivity contribution in [2.75, 3.05) is 13.1 Å². The molecule has 126 valence electrons. The molecule has 1 aliphatic heterocycles. The number of benzene rings is 1. The molecule has 6 nitrogen and oxygen atoms in total. The molecule has 7 heteroatoms. The SMILES string of the molecule is O=C(O)c1cnn(C2CCN(C(=O)Cc3ccc(Br)cc3)CC2)c1. The number of likely N-dealkylation sites (tertiary alicyclic amines) is 1. The van der Waals surface area contributed by atoms with E-state index in [1.165, 1.54) is 6.20 Å². The van der Waals surface area contributed by atoms with Crippen LogP contribution >= 0.6 is 15.9 Å². The van der Waals surface area contributed by atoms with E-state index in [1.807, 2.05) is 29.2 Å². The summed E-state index contributed by atoms with van der Waals surface area (Å²) in [5.74, 6) is -0.842. The average Bonchev–Trinajstić information content (AvgIpc) is 3.07. The number of rotatable bonds is 4. The largest absolute Gasteiger partial charge is 0.478 e. The van der Waals surface area contributed by atoms with Crippen molar-refractivity contribution in [1.82, 2.24) is 14.7 Å². The highest BCUT2D eigenvalue weighted by Crippen LogP contribution is 2.23. The van der Waals surface area contributed by atoms with Gasteiger partial charge in [-0.15, -0.1) is 0 Å². The van der Waals surface area contributed by atoms with E-state index < -0.39 is 5.97 Å². The fourth-order valence-corrected chi connectivity index (χ4v) is 3.18. The molecule has 0 saturated carbocycles. The number of aromatic carboxylic acids is 1. The third kappa shape index (κ3) is 3.84. The van der Waals surface area contributed by atoms with E-state index in [2.05, 4.69) is 21.0 Å². The van der Waals surface area contributed by atoms with Gasteiger partial charge in [0, 0.05) is 23.8 Å². The predicted octanol–water partition coefficient (Wildman–Crippen LogP) is 2.75. The summed E-state index contributed by atoms with van der Waals surface area (Å²) in [5, 5.41) is 13.1. The van der Waals surface area contributed by atoms with Gasteiger partial charge in [-0.05, 0) is 30.5 Å². The zero-order valence-electron chi connectivity index (χ0n) is 13.1. The molecular weight excluding hydrogens is 374 g/mol. The van der Waals surface area contributed by atoms with Gasteiger partial charge in [-0.1, -0.05) is 28.1 Å². The molecule has 1 fully saturated rings. The minimum absolute atomic E-state index is 0.127. The van der Waals surface area contributed by atoms with Crippen LogP contribution in [0.25, 0.3) is 0 Å². The molecule has 24 heavy (non-hydrogen) atoms. The van der Waals surface area contributed by atoms with E-state index in [0.717, 1.165) is 22.9 Å². The third-order valence-electron chi connectivity index (χ3n) is 4.31. The molecule has 0 aliphatic carbocycles. The van der Waals surface area contributed by atoms with Crippen LogP contribution in [0.2, 0.25) is 0 Å². The Balaban J connectivity index is 1.55. The van der Waals surface area contributed by atoms with Crippen molar-refractivity contribution in [3.63, 3.8) is 0 Å². The summed E-state index contributed by atoms with van der Waals surface area (Å²) >= 11 is 3.39. The molecule has 0 unspecified atom stereocenters. The number of aromatic nitrogens is 2. The molecule has 0 bridgehead atoms. The van der Waals surface area contributed by atoms with Crippen molar-refractivity contribution in [1.29, 1.82) is 0 Å². The van der Waals surface area contributed by atoms with Crippen molar-refractivity contribution >= 4 is 27.8 Å². The van der Waals surface area contributed by atoms with E-state index in [-0.39, 0.29) is 17.5 Å². The number of carbonyl (C=O) groups excluding carboxylic acids is 1. The summed E-state index contributed by atoms with van der Waals surface area (Å²) in [4.78, 5) is 25.2. The van der Waals surface area contributed by atoms with E-state index in [4.69, 9.17) is 5.11 Å². The van der Waals surface area contributed by atoms with Crippen LogP contribution in [0, 0.1) is 0 Å². The molecule has 1 aromatic carbocycles. The Bertz CT molecular complexity index is 734. The number of carboxylic acid groups (broad SMARTS) is 1. The monoisotopic (exact) mass is 391 g/mol. The molecule has 0 spiro atoms. The summed E-state index contributed by atoms with van der Waals surface area (Å²) in [7, 11) is 0. The van der Waals surface area contributed by atoms with Gasteiger partial charge in [0.25, 0.3) is 0 Å². The molecule has 1 amide bonds. The number of hydrogen-bond acceptors (Lipinski definition) is 3. The highest BCUT2D eigenvalue weighted by Gasteiger charge is 2.24. The Morgan fingerprint density at radius 3 is 2.46 bits per heavy atom. The van der Waals surface area contributed by atoms with E-state index in [9.17, 15) is 9.59 Å². The van der Waals surface area contributed by atoms with Crippen LogP contribution in [-0.2, 0) is 11.2 Å². The topological polar surface area (TPSA) is 75.4 Å². The minimum atomic E-state index is -0.969. The Morgan fingerprint density at radius 2 is 1.88 bits per heavy atom. The second-order valence-electron chi connectivity index (χ2n) is 5.93. The number of amides is 1. The first-order valence-electron chi connectivity index (χ1n) is 7.82. The van der Waals surface area contributed by atoms with E-state index in [0.29, 0.717) is 19.5 Å². The number of piperidine rings is 1. The van der Waals surface area contributed by atoms with Crippen LogP contribution in [-0.4, -0.2) is 44.8 Å². The van der Waals surface area contributed by atoms with Gasteiger partial charge in [-0.2, -0.15) is 5.10 Å². The maximum Gasteiger partial charge on any atom is 0.338 e. The molecule has 1 saturated heterocycles. The van der Waals surface area contributed by atoms with Gasteiger partial charge < -0.3 is 10.0 Å². The maximum absolute atomic E-state index is 12.4. The molecule has 0 radical (unpaired) electrons. The number of hydrogen-bond donors (Lipinski definition) is 1. The van der Waals surface area contributed by atoms with Crippen molar-refractivity contribution < 1.29 is 14.7 Å². The summed E-state index contributed by atoms with van der Waals surface area (Å²) in [6, 6.07) is 7.92. The summed E-state index contributed by atoms with van der Waals surface area (Å²) in [5.41, 5.74) is 1.20. The van der Waals surface area contributed by atoms with Crippen molar-refractivity contribution in [3.8, 4) is 0 Å². The number of carboxylic acids is 1. The van der Waals surface area contributed by atoms with Crippen molar-refractivity contribution in [3.05, 3.63) is 52.3 Å². The Labute approximate surface area is 148 Å². The maximum atomic E-state index is 12.4. The zero-order chi connectivity index (χ0) is 17.1. The van der Waals surface area contributed by atoms with Crippen LogP contribution in [0.5, 0.6) is 0 Å². The first-order chi connectivity index (χ1) is 11.5. The lowest BCUT2D eigenvalue weighted by atomic mass is 10.0. The number of halogens is 1. The van der Waals surface area contributed by atoms with Crippen LogP contribution in [0.3, 0.4) is 0 Å². The lowest BCUT2D eigenvalue weighted by molar-refractivity contribution is -0.131. The first kappa shape index (κ1) is 16.7. The standard InChI is InChI=1S/C17H18BrN3O3/c18-14-3-1-12(2-4-14)9-16(22)20-7-5-15(6-8-20)21-11-13(10-19-21)17(23)24/h1-4,10-11,15H,5-9H2,(H,23,24). The molecule has 1 N–H and O–H groups in total. The fourth-order valence-electron chi connectivity index (χ4n) is 2.92. The smallest absolute Gasteiger partial charge is 0.338 e. The molecule has 2 heterocycles. The first-order valence-corrected chi connectivity index (χ1v) is 8.62. The van der Waals surface area contributed by atoms with Gasteiger partial charge in [0.05, 0.1) is 24.2 Å². The van der Waals surface area contributed by atoms with Gasteiger partial charge in [-0.3, -0.25) is 9.48 Å². The summed E-state index contributed by atoms with van der Waals surface area (Å²) in [6.45, 7) is 1.34. The van der Waals surface area contributed by atoms with Crippen molar-refractivity contribution in [2.45, 2.75) is 25.3 Å². The van der Waals surface area contributed by atoms with Gasteiger partial charge in [0.15, 0.2) is 0 Å². The molecule has 0 atom stereocenters. The lowest BCUT2D eigenvalue weighted by Crippen LogP contribution is -2.39. The second-order valence-corrected chi connectivity index (χ2v) is 6.85. The normalized spacial score (nSPS) is 15.5. The number of nitrogens with zero attached hydrogens (tertiary/aromatic N) is 3. The Morgan fingerprint density at radius 1 is 1.21 bits per heavy atom. The van der Waals surface area contributed by atoms with Gasteiger partial charge >= 0.3 is 5.97 Å². The molecule has 2 aromatic rings. The Kier molecular flexibility index (Phi) is 4.99. The van der Waals surface area contributed by atoms with E-state index in [1.54, 1.807) is 10.9 Å². The quantitative estimate of drug-likeness (QED) is 0.869. The molecule has 3 rings (SSSR count).